The Labute approximate surface area is 278 Å². The van der Waals surface area contributed by atoms with Crippen LogP contribution in [0.15, 0.2) is 0 Å². The molecule has 0 spiro atoms. The van der Waals surface area contributed by atoms with Gasteiger partial charge in [-0.2, -0.15) is 0 Å². The minimum Gasteiger partial charge on any atom is -0.369 e. The molecule has 3 nitrogen and oxygen atoms in total. The van der Waals surface area contributed by atoms with Gasteiger partial charge in [0.15, 0.2) is 0 Å². The Hall–Kier alpha value is -0.570. The van der Waals surface area contributed by atoms with Crippen LogP contribution in [0.5, 0.6) is 0 Å². The van der Waals surface area contributed by atoms with Gasteiger partial charge in [0.1, 0.15) is 6.61 Å². The molecule has 3 heteroatoms. The molecule has 264 valence electrons. The van der Waals surface area contributed by atoms with Crippen LogP contribution in [0.25, 0.3) is 0 Å². The second-order valence-corrected chi connectivity index (χ2v) is 14.3. The fourth-order valence-electron chi connectivity index (χ4n) is 6.39. The molecule has 0 aliphatic rings. The van der Waals surface area contributed by atoms with Crippen molar-refractivity contribution in [2.24, 2.45) is 0 Å². The molecule has 0 fully saturated rings. The highest BCUT2D eigenvalue weighted by Gasteiger charge is 2.13. The number of unbranched alkanes of at least 4 members (excludes halogenated alkanes) is 30. The fraction of sp³-hybridized carbons (Fsp3) is 0.976. The second-order valence-electron chi connectivity index (χ2n) is 14.3. The normalized spacial score (nSPS) is 11.6. The van der Waals surface area contributed by atoms with Gasteiger partial charge in [0.05, 0.1) is 6.10 Å². The van der Waals surface area contributed by atoms with Gasteiger partial charge in [0.2, 0.25) is 5.91 Å². The molecule has 1 amide bonds. The van der Waals surface area contributed by atoms with E-state index in [0.29, 0.717) is 0 Å². The average molecular weight is 622 g/mol. The van der Waals surface area contributed by atoms with Crippen LogP contribution in [-0.2, 0) is 9.53 Å². The number of ether oxygens (including phenoxy) is 1. The van der Waals surface area contributed by atoms with Gasteiger partial charge in [-0.1, -0.05) is 206 Å². The Morgan fingerprint density at radius 3 is 0.864 bits per heavy atom. The van der Waals surface area contributed by atoms with Crippen molar-refractivity contribution < 1.29 is 9.53 Å². The van der Waals surface area contributed by atoms with Gasteiger partial charge in [-0.3, -0.25) is 4.79 Å². The number of nitrogens with zero attached hydrogens (tertiary/aromatic N) is 1. The van der Waals surface area contributed by atoms with Gasteiger partial charge >= 0.3 is 0 Å². The van der Waals surface area contributed by atoms with Crippen molar-refractivity contribution in [3.63, 3.8) is 0 Å². The van der Waals surface area contributed by atoms with Gasteiger partial charge in [-0.15, -0.1) is 0 Å². The Bertz CT molecular complexity index is 513. The van der Waals surface area contributed by atoms with E-state index in [4.69, 9.17) is 4.74 Å². The highest BCUT2D eigenvalue weighted by Crippen LogP contribution is 2.16. The Balaban J connectivity index is 3.75. The topological polar surface area (TPSA) is 29.5 Å². The number of hydrogen-bond acceptors (Lipinski definition) is 2. The highest BCUT2D eigenvalue weighted by atomic mass is 16.5. The molecule has 0 bridgehead atoms. The summed E-state index contributed by atoms with van der Waals surface area (Å²) in [5.41, 5.74) is 0. The standard InChI is InChI=1S/C41H83NO2/c1-5-7-9-11-13-15-17-19-21-23-25-27-29-31-33-35-37-42(41(43)39-44-40(3)4)38-36-34-32-30-28-26-24-22-20-18-16-14-12-10-8-6-2/h40H,5-39H2,1-4H3. The van der Waals surface area contributed by atoms with E-state index >= 15 is 0 Å². The minimum atomic E-state index is 0.117. The van der Waals surface area contributed by atoms with Gasteiger partial charge < -0.3 is 9.64 Å². The molecule has 0 aliphatic heterocycles. The fourth-order valence-corrected chi connectivity index (χ4v) is 6.39. The molecule has 0 unspecified atom stereocenters. The molecule has 0 saturated heterocycles. The minimum absolute atomic E-state index is 0.117. The van der Waals surface area contributed by atoms with E-state index in [0.717, 1.165) is 25.9 Å². The lowest BCUT2D eigenvalue weighted by Gasteiger charge is -2.23. The summed E-state index contributed by atoms with van der Waals surface area (Å²) in [7, 11) is 0. The maximum atomic E-state index is 12.8. The molecule has 0 rings (SSSR count). The first kappa shape index (κ1) is 43.4. The monoisotopic (exact) mass is 622 g/mol. The molecular weight excluding hydrogens is 538 g/mol. The van der Waals surface area contributed by atoms with Crippen LogP contribution in [0.1, 0.15) is 233 Å². The van der Waals surface area contributed by atoms with Crippen LogP contribution in [0.4, 0.5) is 0 Å². The van der Waals surface area contributed by atoms with E-state index in [2.05, 4.69) is 18.7 Å². The van der Waals surface area contributed by atoms with Gasteiger partial charge in [0, 0.05) is 13.1 Å². The van der Waals surface area contributed by atoms with Crippen LogP contribution in [-0.4, -0.2) is 36.6 Å². The molecule has 0 saturated carbocycles. The summed E-state index contributed by atoms with van der Waals surface area (Å²) in [5, 5.41) is 0. The van der Waals surface area contributed by atoms with Crippen LogP contribution in [0, 0.1) is 0 Å². The maximum absolute atomic E-state index is 12.8. The lowest BCUT2D eigenvalue weighted by Crippen LogP contribution is -2.36. The predicted octanol–water partition coefficient (Wildman–Crippen LogP) is 13.8. The van der Waals surface area contributed by atoms with E-state index in [9.17, 15) is 4.79 Å². The molecule has 0 aliphatic carbocycles. The molecule has 0 radical (unpaired) electrons. The number of carbonyl (C=O) groups excluding carboxylic acids is 1. The van der Waals surface area contributed by atoms with E-state index in [1.807, 2.05) is 13.8 Å². The van der Waals surface area contributed by atoms with Crippen molar-refractivity contribution in [3.05, 3.63) is 0 Å². The van der Waals surface area contributed by atoms with Crippen LogP contribution in [0.2, 0.25) is 0 Å². The van der Waals surface area contributed by atoms with E-state index in [-0.39, 0.29) is 18.6 Å². The van der Waals surface area contributed by atoms with Crippen LogP contribution < -0.4 is 0 Å². The smallest absolute Gasteiger partial charge is 0.248 e. The summed E-state index contributed by atoms with van der Waals surface area (Å²) < 4.78 is 5.66. The Morgan fingerprint density at radius 2 is 0.636 bits per heavy atom. The number of carbonyl (C=O) groups is 1. The van der Waals surface area contributed by atoms with E-state index in [1.165, 1.54) is 193 Å². The van der Waals surface area contributed by atoms with Crippen molar-refractivity contribution in [2.75, 3.05) is 19.7 Å². The summed E-state index contributed by atoms with van der Waals surface area (Å²) in [6, 6.07) is 0. The number of amides is 1. The first-order valence-electron chi connectivity index (χ1n) is 20.5. The third-order valence-corrected chi connectivity index (χ3v) is 9.46. The Kier molecular flexibility index (Phi) is 36.4. The highest BCUT2D eigenvalue weighted by molar-refractivity contribution is 5.77. The average Bonchev–Trinajstić information content (AvgIpc) is 3.02. The number of rotatable bonds is 37. The van der Waals surface area contributed by atoms with Crippen molar-refractivity contribution in [1.82, 2.24) is 4.90 Å². The summed E-state index contributed by atoms with van der Waals surface area (Å²) in [6.45, 7) is 10.7. The third-order valence-electron chi connectivity index (χ3n) is 9.46. The van der Waals surface area contributed by atoms with Crippen LogP contribution in [0.3, 0.4) is 0 Å². The van der Waals surface area contributed by atoms with E-state index < -0.39 is 0 Å². The predicted molar refractivity (Wildman–Crippen MR) is 197 cm³/mol. The van der Waals surface area contributed by atoms with Gasteiger partial charge in [-0.05, 0) is 26.7 Å². The zero-order chi connectivity index (χ0) is 32.2. The van der Waals surface area contributed by atoms with Crippen molar-refractivity contribution >= 4 is 5.91 Å². The van der Waals surface area contributed by atoms with Crippen molar-refractivity contribution in [1.29, 1.82) is 0 Å². The third kappa shape index (κ3) is 34.3. The van der Waals surface area contributed by atoms with Gasteiger partial charge in [-0.25, -0.2) is 0 Å². The maximum Gasteiger partial charge on any atom is 0.248 e. The SMILES string of the molecule is CCCCCCCCCCCCCCCCCCN(CCCCCCCCCCCCCCCCCC)C(=O)COC(C)C. The molecule has 0 N–H and O–H groups in total. The molecular formula is C41H83NO2. The number of hydrogen-bond donors (Lipinski definition) is 0. The largest absolute Gasteiger partial charge is 0.369 e. The van der Waals surface area contributed by atoms with Crippen LogP contribution >= 0.6 is 0 Å². The molecule has 0 aromatic heterocycles. The van der Waals surface area contributed by atoms with E-state index in [1.54, 1.807) is 0 Å². The summed E-state index contributed by atoms with van der Waals surface area (Å²) in [4.78, 5) is 14.9. The van der Waals surface area contributed by atoms with Crippen molar-refractivity contribution in [3.8, 4) is 0 Å². The molecule has 0 atom stereocenters. The second kappa shape index (κ2) is 36.9. The quantitative estimate of drug-likeness (QED) is 0.0646. The molecule has 0 heterocycles. The lowest BCUT2D eigenvalue weighted by atomic mass is 10.0. The molecule has 44 heavy (non-hydrogen) atoms. The zero-order valence-electron chi connectivity index (χ0n) is 31.1. The lowest BCUT2D eigenvalue weighted by molar-refractivity contribution is -0.137. The molecule has 0 aromatic carbocycles. The summed E-state index contributed by atoms with van der Waals surface area (Å²) in [5.74, 6) is 0.195. The summed E-state index contributed by atoms with van der Waals surface area (Å²) in [6.07, 6.45) is 44.5. The summed E-state index contributed by atoms with van der Waals surface area (Å²) >= 11 is 0. The molecule has 0 aromatic rings. The van der Waals surface area contributed by atoms with Gasteiger partial charge in [0.25, 0.3) is 0 Å². The van der Waals surface area contributed by atoms with Crippen molar-refractivity contribution in [2.45, 2.75) is 239 Å². The first-order valence-corrected chi connectivity index (χ1v) is 20.5. The zero-order valence-corrected chi connectivity index (χ0v) is 31.1. The Morgan fingerprint density at radius 1 is 0.409 bits per heavy atom. The first-order chi connectivity index (χ1) is 21.6.